The third-order valence-corrected chi connectivity index (χ3v) is 3.20. The summed E-state index contributed by atoms with van der Waals surface area (Å²) >= 11 is 1.36. The van der Waals surface area contributed by atoms with Gasteiger partial charge in [0.15, 0.2) is 0 Å². The van der Waals surface area contributed by atoms with Crippen molar-refractivity contribution >= 4 is 17.7 Å². The highest BCUT2D eigenvalue weighted by Crippen LogP contribution is 2.26. The van der Waals surface area contributed by atoms with Gasteiger partial charge in [-0.15, -0.1) is 10.2 Å². The summed E-state index contributed by atoms with van der Waals surface area (Å²) < 4.78 is 5.20. The topological polar surface area (TPSA) is 94.0 Å². The first-order chi connectivity index (χ1) is 7.04. The number of amides is 1. The van der Waals surface area contributed by atoms with Crippen molar-refractivity contribution in [2.45, 2.75) is 31.2 Å². The fourth-order valence-corrected chi connectivity index (χ4v) is 1.83. The molecule has 3 N–H and O–H groups in total. The Morgan fingerprint density at radius 1 is 1.53 bits per heavy atom. The number of hydrogen-bond acceptors (Lipinski definition) is 6. The minimum Gasteiger partial charge on any atom is -0.416 e. The molecule has 0 saturated heterocycles. The van der Waals surface area contributed by atoms with E-state index in [0.717, 1.165) is 0 Å². The lowest BCUT2D eigenvalue weighted by Gasteiger charge is -2.15. The summed E-state index contributed by atoms with van der Waals surface area (Å²) in [6, 6.07) is 0. The summed E-state index contributed by atoms with van der Waals surface area (Å²) in [7, 11) is 0. The van der Waals surface area contributed by atoms with Gasteiger partial charge in [-0.05, 0) is 0 Å². The number of thioether (sulfide) groups is 1. The molecule has 0 aromatic carbocycles. The van der Waals surface area contributed by atoms with Gasteiger partial charge in [0, 0.05) is 18.1 Å². The quantitative estimate of drug-likeness (QED) is 0.338. The first kappa shape index (κ1) is 12.0. The Kier molecular flexibility index (Phi) is 4.10. The highest BCUT2D eigenvalue weighted by atomic mass is 32.2. The van der Waals surface area contributed by atoms with Crippen molar-refractivity contribution in [2.75, 3.05) is 0 Å². The average Bonchev–Trinajstić information content (AvgIpc) is 2.61. The number of carbonyl (C=O) groups is 1. The van der Waals surface area contributed by atoms with Crippen LogP contribution in [0.5, 0.6) is 0 Å². The van der Waals surface area contributed by atoms with Gasteiger partial charge in [0.1, 0.15) is 0 Å². The molecule has 1 aromatic rings. The molecule has 0 bridgehead atoms. The van der Waals surface area contributed by atoms with Crippen LogP contribution in [0.25, 0.3) is 0 Å². The zero-order chi connectivity index (χ0) is 11.4. The Hall–Kier alpha value is -1.08. The maximum Gasteiger partial charge on any atom is 0.276 e. The van der Waals surface area contributed by atoms with Gasteiger partial charge in [-0.2, -0.15) is 0 Å². The molecule has 0 fully saturated rings. The Labute approximate surface area is 92.0 Å². The molecule has 84 valence electrons. The molecule has 2 atom stereocenters. The third kappa shape index (κ3) is 3.21. The van der Waals surface area contributed by atoms with Gasteiger partial charge >= 0.3 is 0 Å². The Morgan fingerprint density at radius 3 is 2.67 bits per heavy atom. The third-order valence-electron chi connectivity index (χ3n) is 2.05. The molecule has 1 aromatic heterocycles. The van der Waals surface area contributed by atoms with Crippen LogP contribution in [0.2, 0.25) is 0 Å². The molecule has 1 amide bonds. The van der Waals surface area contributed by atoms with Gasteiger partial charge in [-0.3, -0.25) is 10.2 Å². The smallest absolute Gasteiger partial charge is 0.276 e. The summed E-state index contributed by atoms with van der Waals surface area (Å²) in [5.74, 6) is 5.14. The van der Waals surface area contributed by atoms with Gasteiger partial charge in [-0.1, -0.05) is 25.6 Å². The molecule has 0 aliphatic heterocycles. The van der Waals surface area contributed by atoms with Crippen molar-refractivity contribution in [3.63, 3.8) is 0 Å². The average molecular weight is 230 g/mol. The van der Waals surface area contributed by atoms with Crippen molar-refractivity contribution in [2.24, 2.45) is 11.8 Å². The monoisotopic (exact) mass is 230 g/mol. The van der Waals surface area contributed by atoms with E-state index in [4.69, 9.17) is 10.3 Å². The normalized spacial score (nSPS) is 14.7. The van der Waals surface area contributed by atoms with E-state index in [1.807, 2.05) is 6.92 Å². The fraction of sp³-hybridized carbons (Fsp3) is 0.625. The lowest BCUT2D eigenvalue weighted by Crippen LogP contribution is -2.38. The number of aromatic nitrogens is 2. The standard InChI is InChI=1S/C8H14N4O2S/c1-4(7(13)10-9)5(2)15-8-12-11-6(3)14-8/h4-5H,9H2,1-3H3,(H,10,13). The van der Waals surface area contributed by atoms with Crippen LogP contribution >= 0.6 is 11.8 Å². The van der Waals surface area contributed by atoms with Crippen LogP contribution in [0, 0.1) is 12.8 Å². The summed E-state index contributed by atoms with van der Waals surface area (Å²) in [6.07, 6.45) is 0. The molecule has 0 radical (unpaired) electrons. The lowest BCUT2D eigenvalue weighted by atomic mass is 10.1. The molecule has 0 spiro atoms. The first-order valence-corrected chi connectivity index (χ1v) is 5.39. The van der Waals surface area contributed by atoms with Crippen LogP contribution in [-0.2, 0) is 4.79 Å². The molecule has 7 heteroatoms. The number of hydrazine groups is 1. The van der Waals surface area contributed by atoms with E-state index in [2.05, 4.69) is 15.6 Å². The summed E-state index contributed by atoms with van der Waals surface area (Å²) in [5, 5.41) is 8.03. The van der Waals surface area contributed by atoms with Crippen molar-refractivity contribution in [1.29, 1.82) is 0 Å². The fourth-order valence-electron chi connectivity index (χ4n) is 0.932. The van der Waals surface area contributed by atoms with Gasteiger partial charge in [0.2, 0.25) is 11.8 Å². The number of rotatable bonds is 4. The molecule has 1 heterocycles. The predicted octanol–water partition coefficient (Wildman–Crippen LogP) is 0.485. The number of hydrogen-bond donors (Lipinski definition) is 2. The number of aryl methyl sites for hydroxylation is 1. The number of nitrogens with one attached hydrogen (secondary N) is 1. The zero-order valence-electron chi connectivity index (χ0n) is 8.85. The van der Waals surface area contributed by atoms with Crippen LogP contribution in [0.3, 0.4) is 0 Å². The van der Waals surface area contributed by atoms with E-state index in [1.165, 1.54) is 11.8 Å². The largest absolute Gasteiger partial charge is 0.416 e. The van der Waals surface area contributed by atoms with Crippen LogP contribution < -0.4 is 11.3 Å². The van der Waals surface area contributed by atoms with Crippen molar-refractivity contribution in [1.82, 2.24) is 15.6 Å². The number of nitrogens with two attached hydrogens (primary N) is 1. The second-order valence-corrected chi connectivity index (χ2v) is 4.54. The van der Waals surface area contributed by atoms with Crippen LogP contribution in [0.1, 0.15) is 19.7 Å². The highest BCUT2D eigenvalue weighted by Gasteiger charge is 2.22. The van der Waals surface area contributed by atoms with Gasteiger partial charge in [-0.25, -0.2) is 5.84 Å². The molecular formula is C8H14N4O2S. The lowest BCUT2D eigenvalue weighted by molar-refractivity contribution is -0.124. The molecule has 6 nitrogen and oxygen atoms in total. The molecule has 1 rings (SSSR count). The van der Waals surface area contributed by atoms with Crippen molar-refractivity contribution < 1.29 is 9.21 Å². The van der Waals surface area contributed by atoms with E-state index >= 15 is 0 Å². The minimum absolute atomic E-state index is 0.0217. The van der Waals surface area contributed by atoms with Crippen LogP contribution in [0.4, 0.5) is 0 Å². The Balaban J connectivity index is 2.55. The number of nitrogens with zero attached hydrogens (tertiary/aromatic N) is 2. The highest BCUT2D eigenvalue weighted by molar-refractivity contribution is 7.99. The van der Waals surface area contributed by atoms with Gasteiger partial charge < -0.3 is 4.42 Å². The second-order valence-electron chi connectivity index (χ2n) is 3.21. The maximum absolute atomic E-state index is 11.2. The maximum atomic E-state index is 11.2. The second kappa shape index (κ2) is 5.13. The van der Waals surface area contributed by atoms with E-state index in [-0.39, 0.29) is 17.1 Å². The summed E-state index contributed by atoms with van der Waals surface area (Å²) in [5.41, 5.74) is 2.12. The van der Waals surface area contributed by atoms with E-state index in [9.17, 15) is 4.79 Å². The van der Waals surface area contributed by atoms with E-state index < -0.39 is 0 Å². The minimum atomic E-state index is -0.216. The summed E-state index contributed by atoms with van der Waals surface area (Å²) in [6.45, 7) is 5.42. The van der Waals surface area contributed by atoms with Gasteiger partial charge in [0.25, 0.3) is 5.22 Å². The molecule has 0 aliphatic rings. The van der Waals surface area contributed by atoms with Crippen LogP contribution in [0.15, 0.2) is 9.64 Å². The van der Waals surface area contributed by atoms with E-state index in [1.54, 1.807) is 13.8 Å². The SMILES string of the molecule is Cc1nnc(SC(C)C(C)C(=O)NN)o1. The van der Waals surface area contributed by atoms with E-state index in [0.29, 0.717) is 11.1 Å². The first-order valence-electron chi connectivity index (χ1n) is 4.51. The Bertz CT molecular complexity index is 341. The number of carbonyl (C=O) groups excluding carboxylic acids is 1. The van der Waals surface area contributed by atoms with Crippen molar-refractivity contribution in [3.8, 4) is 0 Å². The molecule has 0 saturated carbocycles. The molecule has 2 unspecified atom stereocenters. The molecule has 0 aliphatic carbocycles. The molecular weight excluding hydrogens is 216 g/mol. The molecule has 15 heavy (non-hydrogen) atoms. The zero-order valence-corrected chi connectivity index (χ0v) is 9.67. The van der Waals surface area contributed by atoms with Crippen LogP contribution in [-0.4, -0.2) is 21.4 Å². The summed E-state index contributed by atoms with van der Waals surface area (Å²) in [4.78, 5) is 11.2. The Morgan fingerprint density at radius 2 is 2.20 bits per heavy atom. The van der Waals surface area contributed by atoms with Crippen molar-refractivity contribution in [3.05, 3.63) is 5.89 Å². The predicted molar refractivity (Wildman–Crippen MR) is 55.8 cm³/mol. The van der Waals surface area contributed by atoms with Gasteiger partial charge in [0.05, 0.1) is 0 Å².